The molecule has 1 aromatic carbocycles. The maximum atomic E-state index is 3.91. The molecular weight excluding hydrogens is 212 g/mol. The van der Waals surface area contributed by atoms with Crippen molar-refractivity contribution in [3.8, 4) is 0 Å². The van der Waals surface area contributed by atoms with Crippen LogP contribution in [0.1, 0.15) is 16.0 Å². The second-order valence-corrected chi connectivity index (χ2v) is 4.71. The van der Waals surface area contributed by atoms with Crippen LogP contribution in [-0.2, 0) is 0 Å². The summed E-state index contributed by atoms with van der Waals surface area (Å²) in [6.45, 7) is 9.75. The second kappa shape index (κ2) is 4.50. The molecule has 0 saturated carbocycles. The molecule has 0 nitrogen and oxygen atoms in total. The summed E-state index contributed by atoms with van der Waals surface area (Å²) in [4.78, 5) is 1.25. The third kappa shape index (κ3) is 1.74. The van der Waals surface area contributed by atoms with Gasteiger partial charge in [-0.1, -0.05) is 43.5 Å². The summed E-state index contributed by atoms with van der Waals surface area (Å²) >= 11 is 1.80. The van der Waals surface area contributed by atoms with Gasteiger partial charge >= 0.3 is 0 Å². The summed E-state index contributed by atoms with van der Waals surface area (Å²) in [5.74, 6) is 0. The molecule has 1 heteroatoms. The van der Waals surface area contributed by atoms with Crippen molar-refractivity contribution < 1.29 is 0 Å². The summed E-state index contributed by atoms with van der Waals surface area (Å²) < 4.78 is 1.32. The van der Waals surface area contributed by atoms with Crippen LogP contribution in [0.4, 0.5) is 0 Å². The van der Waals surface area contributed by atoms with Crippen LogP contribution in [-0.4, -0.2) is 0 Å². The van der Waals surface area contributed by atoms with Crippen LogP contribution >= 0.6 is 11.3 Å². The van der Waals surface area contributed by atoms with Gasteiger partial charge in [0.05, 0.1) is 0 Å². The second-order valence-electron chi connectivity index (χ2n) is 3.63. The maximum absolute atomic E-state index is 3.91. The average Bonchev–Trinajstić information content (AvgIpc) is 2.65. The van der Waals surface area contributed by atoms with Gasteiger partial charge in [0.25, 0.3) is 0 Å². The third-order valence-electron chi connectivity index (χ3n) is 2.58. The Morgan fingerprint density at radius 1 is 1.25 bits per heavy atom. The standard InChI is InChI=1S/C15H14S/c1-4-6-9-13-12(5-2)15-11(3)8-7-10-14(15)16-13/h4-10H,1-2H2,3H3/b9-6-. The average molecular weight is 226 g/mol. The van der Waals surface area contributed by atoms with E-state index in [-0.39, 0.29) is 0 Å². The highest BCUT2D eigenvalue weighted by molar-refractivity contribution is 7.20. The van der Waals surface area contributed by atoms with E-state index in [9.17, 15) is 0 Å². The zero-order valence-corrected chi connectivity index (χ0v) is 10.2. The third-order valence-corrected chi connectivity index (χ3v) is 3.71. The van der Waals surface area contributed by atoms with E-state index in [2.05, 4.69) is 44.4 Å². The number of hydrogen-bond acceptors (Lipinski definition) is 1. The first-order chi connectivity index (χ1) is 7.77. The van der Waals surface area contributed by atoms with Crippen molar-refractivity contribution in [3.05, 3.63) is 59.5 Å². The predicted molar refractivity (Wildman–Crippen MR) is 75.9 cm³/mol. The monoisotopic (exact) mass is 226 g/mol. The molecule has 80 valence electrons. The fraction of sp³-hybridized carbons (Fsp3) is 0.0667. The topological polar surface area (TPSA) is 0 Å². The molecule has 0 aliphatic heterocycles. The smallest absolute Gasteiger partial charge is 0.0358 e. The lowest BCUT2D eigenvalue weighted by Gasteiger charge is -1.97. The zero-order chi connectivity index (χ0) is 11.5. The van der Waals surface area contributed by atoms with E-state index in [1.807, 2.05) is 12.2 Å². The molecule has 0 spiro atoms. The first-order valence-corrected chi connectivity index (χ1v) is 6.03. The molecule has 0 bridgehead atoms. The van der Waals surface area contributed by atoms with Gasteiger partial charge in [0.2, 0.25) is 0 Å². The number of thiophene rings is 1. The molecule has 0 saturated heterocycles. The molecule has 0 unspecified atom stereocenters. The minimum absolute atomic E-state index is 1.23. The zero-order valence-electron chi connectivity index (χ0n) is 9.36. The number of rotatable bonds is 3. The summed E-state index contributed by atoms with van der Waals surface area (Å²) in [7, 11) is 0. The fourth-order valence-electron chi connectivity index (χ4n) is 1.85. The Morgan fingerprint density at radius 3 is 2.75 bits per heavy atom. The van der Waals surface area contributed by atoms with E-state index in [1.54, 1.807) is 17.4 Å². The Morgan fingerprint density at radius 2 is 2.06 bits per heavy atom. The van der Waals surface area contributed by atoms with Crippen molar-refractivity contribution in [2.75, 3.05) is 0 Å². The minimum Gasteiger partial charge on any atom is -0.135 e. The molecule has 2 aromatic rings. The molecule has 16 heavy (non-hydrogen) atoms. The first kappa shape index (κ1) is 10.9. The number of hydrogen-bond donors (Lipinski definition) is 0. The van der Waals surface area contributed by atoms with Gasteiger partial charge in [0.15, 0.2) is 0 Å². The van der Waals surface area contributed by atoms with Crippen LogP contribution in [0.3, 0.4) is 0 Å². The van der Waals surface area contributed by atoms with Gasteiger partial charge in [-0.25, -0.2) is 0 Å². The molecule has 0 aliphatic carbocycles. The van der Waals surface area contributed by atoms with Crippen molar-refractivity contribution in [2.45, 2.75) is 6.92 Å². The number of allylic oxidation sites excluding steroid dienone is 2. The Kier molecular flexibility index (Phi) is 3.07. The Bertz CT molecular complexity index is 570. The van der Waals surface area contributed by atoms with Crippen LogP contribution in [0.15, 0.2) is 43.5 Å². The number of aryl methyl sites for hydroxylation is 1. The summed E-state index contributed by atoms with van der Waals surface area (Å²) in [5.41, 5.74) is 2.54. The molecule has 1 aromatic heterocycles. The van der Waals surface area contributed by atoms with Crippen LogP contribution in [0.5, 0.6) is 0 Å². The van der Waals surface area contributed by atoms with E-state index >= 15 is 0 Å². The molecule has 2 rings (SSSR count). The summed E-state index contributed by atoms with van der Waals surface area (Å²) in [5, 5.41) is 1.33. The quantitative estimate of drug-likeness (QED) is 0.642. The van der Waals surface area contributed by atoms with E-state index in [0.717, 1.165) is 0 Å². The normalized spacial score (nSPS) is 11.1. The SMILES string of the molecule is C=C/C=C\c1sc2cccc(C)c2c1C=C. The van der Waals surface area contributed by atoms with Crippen LogP contribution in [0.25, 0.3) is 22.2 Å². The molecule has 0 amide bonds. The van der Waals surface area contributed by atoms with Crippen molar-refractivity contribution >= 4 is 33.6 Å². The van der Waals surface area contributed by atoms with Gasteiger partial charge in [0, 0.05) is 15.0 Å². The van der Waals surface area contributed by atoms with E-state index in [0.29, 0.717) is 0 Å². The number of benzene rings is 1. The molecule has 0 aliphatic rings. The van der Waals surface area contributed by atoms with Gasteiger partial charge in [-0.3, -0.25) is 0 Å². The Balaban J connectivity index is 2.76. The van der Waals surface area contributed by atoms with E-state index in [4.69, 9.17) is 0 Å². The van der Waals surface area contributed by atoms with Crippen molar-refractivity contribution in [1.82, 2.24) is 0 Å². The summed E-state index contributed by atoms with van der Waals surface area (Å²) in [6.07, 6.45) is 7.79. The summed E-state index contributed by atoms with van der Waals surface area (Å²) in [6, 6.07) is 6.40. The highest BCUT2D eigenvalue weighted by Crippen LogP contribution is 2.35. The van der Waals surface area contributed by atoms with Crippen molar-refractivity contribution in [2.24, 2.45) is 0 Å². The number of fused-ring (bicyclic) bond motifs is 1. The lowest BCUT2D eigenvalue weighted by Crippen LogP contribution is -1.76. The van der Waals surface area contributed by atoms with E-state index in [1.165, 1.54) is 26.1 Å². The van der Waals surface area contributed by atoms with Gasteiger partial charge < -0.3 is 0 Å². The van der Waals surface area contributed by atoms with Gasteiger partial charge in [-0.15, -0.1) is 11.3 Å². The highest BCUT2D eigenvalue weighted by Gasteiger charge is 2.08. The van der Waals surface area contributed by atoms with Crippen LogP contribution in [0, 0.1) is 6.92 Å². The lowest BCUT2D eigenvalue weighted by molar-refractivity contribution is 1.54. The highest BCUT2D eigenvalue weighted by atomic mass is 32.1. The van der Waals surface area contributed by atoms with Gasteiger partial charge in [-0.05, 0) is 30.2 Å². The maximum Gasteiger partial charge on any atom is 0.0358 e. The lowest BCUT2D eigenvalue weighted by atomic mass is 10.1. The van der Waals surface area contributed by atoms with Gasteiger partial charge in [-0.2, -0.15) is 0 Å². The minimum atomic E-state index is 1.23. The molecule has 0 atom stereocenters. The largest absolute Gasteiger partial charge is 0.135 e. The van der Waals surface area contributed by atoms with Gasteiger partial charge in [0.1, 0.15) is 0 Å². The fourth-order valence-corrected chi connectivity index (χ4v) is 3.05. The molecule has 0 fully saturated rings. The first-order valence-electron chi connectivity index (χ1n) is 5.21. The molecule has 0 radical (unpaired) electrons. The van der Waals surface area contributed by atoms with Crippen LogP contribution in [0.2, 0.25) is 0 Å². The predicted octanol–water partition coefficient (Wildman–Crippen LogP) is 5.05. The van der Waals surface area contributed by atoms with Crippen molar-refractivity contribution in [3.63, 3.8) is 0 Å². The Labute approximate surface area is 100 Å². The van der Waals surface area contributed by atoms with E-state index < -0.39 is 0 Å². The van der Waals surface area contributed by atoms with Crippen molar-refractivity contribution in [1.29, 1.82) is 0 Å². The van der Waals surface area contributed by atoms with Crippen LogP contribution < -0.4 is 0 Å². The molecule has 1 heterocycles. The Hall–Kier alpha value is -1.60. The molecule has 0 N–H and O–H groups in total. The molecular formula is C15H14S.